The lowest BCUT2D eigenvalue weighted by Gasteiger charge is -2.34. The molecule has 4 nitrogen and oxygen atoms in total. The van der Waals surface area contributed by atoms with Crippen LogP contribution >= 0.6 is 0 Å². The van der Waals surface area contributed by atoms with Crippen LogP contribution in [0.3, 0.4) is 0 Å². The normalized spacial score (nSPS) is 39.5. The van der Waals surface area contributed by atoms with Gasteiger partial charge in [0.15, 0.2) is 0 Å². The van der Waals surface area contributed by atoms with E-state index >= 15 is 0 Å². The quantitative estimate of drug-likeness (QED) is 0.864. The molecule has 4 heteroatoms. The van der Waals surface area contributed by atoms with Gasteiger partial charge in [0.1, 0.15) is 6.04 Å². The molecule has 5 atom stereocenters. The monoisotopic (exact) mass is 292 g/mol. The van der Waals surface area contributed by atoms with Gasteiger partial charge in [-0.1, -0.05) is 19.8 Å². The fraction of sp³-hybridized carbons (Fsp3) is 0.882. The molecule has 5 unspecified atom stereocenters. The summed E-state index contributed by atoms with van der Waals surface area (Å²) in [6, 6.07) is -0.260. The topological polar surface area (TPSA) is 49.4 Å². The minimum absolute atomic E-state index is 0.0322. The van der Waals surface area contributed by atoms with E-state index in [0.29, 0.717) is 12.3 Å². The SMILES string of the molecule is CCCC1NC(=O)CC(C)N(CC2CC3CCC2C3)C1=O. The van der Waals surface area contributed by atoms with E-state index in [4.69, 9.17) is 0 Å². The fourth-order valence-electron chi connectivity index (χ4n) is 4.72. The van der Waals surface area contributed by atoms with Crippen LogP contribution in [0.5, 0.6) is 0 Å². The lowest BCUT2D eigenvalue weighted by atomic mass is 9.88. The molecule has 1 saturated heterocycles. The van der Waals surface area contributed by atoms with Crippen LogP contribution in [0.2, 0.25) is 0 Å². The van der Waals surface area contributed by atoms with Crippen molar-refractivity contribution in [1.29, 1.82) is 0 Å². The van der Waals surface area contributed by atoms with E-state index in [9.17, 15) is 9.59 Å². The summed E-state index contributed by atoms with van der Waals surface area (Å²) >= 11 is 0. The number of carbonyl (C=O) groups is 2. The third kappa shape index (κ3) is 2.95. The molecule has 0 aromatic heterocycles. The van der Waals surface area contributed by atoms with Crippen molar-refractivity contribution in [2.45, 2.75) is 70.9 Å². The highest BCUT2D eigenvalue weighted by Gasteiger charge is 2.42. The van der Waals surface area contributed by atoms with E-state index in [0.717, 1.165) is 31.2 Å². The molecule has 2 aliphatic carbocycles. The van der Waals surface area contributed by atoms with E-state index in [2.05, 4.69) is 12.2 Å². The molecule has 1 aliphatic heterocycles. The van der Waals surface area contributed by atoms with Crippen molar-refractivity contribution in [2.75, 3.05) is 6.54 Å². The Morgan fingerprint density at radius 2 is 2.05 bits per heavy atom. The molecular formula is C17H28N2O2. The van der Waals surface area contributed by atoms with Gasteiger partial charge in [-0.3, -0.25) is 9.59 Å². The molecule has 3 aliphatic rings. The first-order valence-electron chi connectivity index (χ1n) is 8.68. The van der Waals surface area contributed by atoms with E-state index < -0.39 is 0 Å². The van der Waals surface area contributed by atoms with Crippen molar-refractivity contribution < 1.29 is 9.59 Å². The molecule has 1 N–H and O–H groups in total. The van der Waals surface area contributed by atoms with Gasteiger partial charge in [0.25, 0.3) is 0 Å². The molecule has 3 rings (SSSR count). The van der Waals surface area contributed by atoms with Gasteiger partial charge in [-0.25, -0.2) is 0 Å². The summed E-state index contributed by atoms with van der Waals surface area (Å²) in [5.74, 6) is 2.59. The van der Waals surface area contributed by atoms with Crippen molar-refractivity contribution in [3.05, 3.63) is 0 Å². The van der Waals surface area contributed by atoms with Gasteiger partial charge in [-0.05, 0) is 50.4 Å². The second-order valence-electron chi connectivity index (χ2n) is 7.39. The maximum absolute atomic E-state index is 12.8. The minimum Gasteiger partial charge on any atom is -0.344 e. The standard InChI is InChI=1S/C17H28N2O2/c1-3-4-15-17(21)19(11(2)7-16(20)18-15)10-14-9-12-5-6-13(14)8-12/h11-15H,3-10H2,1-2H3,(H,18,20). The molecule has 118 valence electrons. The van der Waals surface area contributed by atoms with E-state index in [1.165, 1.54) is 25.7 Å². The van der Waals surface area contributed by atoms with Gasteiger partial charge in [-0.15, -0.1) is 0 Å². The zero-order valence-electron chi connectivity index (χ0n) is 13.3. The number of fused-ring (bicyclic) bond motifs is 2. The van der Waals surface area contributed by atoms with E-state index in [-0.39, 0.29) is 23.9 Å². The first kappa shape index (κ1) is 14.9. The lowest BCUT2D eigenvalue weighted by Crippen LogP contribution is -2.48. The van der Waals surface area contributed by atoms with Crippen molar-refractivity contribution >= 4 is 11.8 Å². The fourth-order valence-corrected chi connectivity index (χ4v) is 4.72. The Morgan fingerprint density at radius 1 is 1.24 bits per heavy atom. The molecule has 1 heterocycles. The Balaban J connectivity index is 1.71. The Hall–Kier alpha value is -1.06. The Bertz CT molecular complexity index is 423. The summed E-state index contributed by atoms with van der Waals surface area (Å²) in [5.41, 5.74) is 0. The third-order valence-corrected chi connectivity index (χ3v) is 5.82. The molecule has 0 aromatic carbocycles. The molecule has 2 saturated carbocycles. The summed E-state index contributed by atoms with van der Waals surface area (Å²) in [5, 5.41) is 2.92. The number of nitrogens with zero attached hydrogens (tertiary/aromatic N) is 1. The molecule has 0 radical (unpaired) electrons. The maximum Gasteiger partial charge on any atom is 0.245 e. The van der Waals surface area contributed by atoms with Crippen LogP contribution in [0.15, 0.2) is 0 Å². The highest BCUT2D eigenvalue weighted by atomic mass is 16.2. The van der Waals surface area contributed by atoms with Gasteiger partial charge in [-0.2, -0.15) is 0 Å². The lowest BCUT2D eigenvalue weighted by molar-refractivity contribution is -0.136. The van der Waals surface area contributed by atoms with Crippen LogP contribution in [-0.4, -0.2) is 35.3 Å². The number of nitrogens with one attached hydrogen (secondary N) is 1. The average Bonchev–Trinajstić information content (AvgIpc) is 3.03. The predicted molar refractivity (Wildman–Crippen MR) is 81.6 cm³/mol. The van der Waals surface area contributed by atoms with Crippen molar-refractivity contribution in [1.82, 2.24) is 10.2 Å². The molecule has 0 aromatic rings. The number of amides is 2. The third-order valence-electron chi connectivity index (χ3n) is 5.82. The number of hydrogen-bond donors (Lipinski definition) is 1. The van der Waals surface area contributed by atoms with Crippen LogP contribution < -0.4 is 5.32 Å². The predicted octanol–water partition coefficient (Wildman–Crippen LogP) is 2.33. The molecule has 21 heavy (non-hydrogen) atoms. The van der Waals surface area contributed by atoms with Gasteiger partial charge >= 0.3 is 0 Å². The van der Waals surface area contributed by atoms with Crippen molar-refractivity contribution in [2.24, 2.45) is 17.8 Å². The largest absolute Gasteiger partial charge is 0.344 e. The summed E-state index contributed by atoms with van der Waals surface area (Å²) in [4.78, 5) is 26.8. The van der Waals surface area contributed by atoms with Gasteiger partial charge in [0.2, 0.25) is 11.8 Å². The zero-order chi connectivity index (χ0) is 15.0. The molecule has 2 bridgehead atoms. The second kappa shape index (κ2) is 5.98. The van der Waals surface area contributed by atoms with E-state index in [1.807, 2.05) is 11.8 Å². The van der Waals surface area contributed by atoms with Crippen LogP contribution in [0.25, 0.3) is 0 Å². The zero-order valence-corrected chi connectivity index (χ0v) is 13.3. The number of hydrogen-bond acceptors (Lipinski definition) is 2. The minimum atomic E-state index is -0.300. The Labute approximate surface area is 127 Å². The van der Waals surface area contributed by atoms with Gasteiger partial charge < -0.3 is 10.2 Å². The summed E-state index contributed by atoms with van der Waals surface area (Å²) < 4.78 is 0. The van der Waals surface area contributed by atoms with Crippen LogP contribution in [0.4, 0.5) is 0 Å². The summed E-state index contributed by atoms with van der Waals surface area (Å²) in [7, 11) is 0. The van der Waals surface area contributed by atoms with Crippen LogP contribution in [0.1, 0.15) is 58.8 Å². The molecular weight excluding hydrogens is 264 g/mol. The first-order chi connectivity index (χ1) is 10.1. The number of rotatable bonds is 4. The van der Waals surface area contributed by atoms with Crippen molar-refractivity contribution in [3.63, 3.8) is 0 Å². The summed E-state index contributed by atoms with van der Waals surface area (Å²) in [6.45, 7) is 4.96. The molecule has 0 spiro atoms. The highest BCUT2D eigenvalue weighted by molar-refractivity contribution is 5.90. The summed E-state index contributed by atoms with van der Waals surface area (Å²) in [6.07, 6.45) is 7.53. The van der Waals surface area contributed by atoms with Gasteiger partial charge in [0.05, 0.1) is 0 Å². The smallest absolute Gasteiger partial charge is 0.245 e. The van der Waals surface area contributed by atoms with E-state index in [1.54, 1.807) is 0 Å². The maximum atomic E-state index is 12.8. The molecule has 2 amide bonds. The Morgan fingerprint density at radius 3 is 2.67 bits per heavy atom. The number of carbonyl (C=O) groups excluding carboxylic acids is 2. The average molecular weight is 292 g/mol. The van der Waals surface area contributed by atoms with Crippen molar-refractivity contribution in [3.8, 4) is 0 Å². The highest BCUT2D eigenvalue weighted by Crippen LogP contribution is 2.48. The Kier molecular flexibility index (Phi) is 4.23. The van der Waals surface area contributed by atoms with Gasteiger partial charge in [0, 0.05) is 19.0 Å². The van der Waals surface area contributed by atoms with Crippen LogP contribution in [-0.2, 0) is 9.59 Å². The first-order valence-corrected chi connectivity index (χ1v) is 8.68. The molecule has 3 fully saturated rings. The second-order valence-corrected chi connectivity index (χ2v) is 7.39. The van der Waals surface area contributed by atoms with Crippen LogP contribution in [0, 0.1) is 17.8 Å².